The first-order valence-electron chi connectivity index (χ1n) is 9.49. The number of carbonyl (C=O) groups excluding carboxylic acids is 2. The van der Waals surface area contributed by atoms with Gasteiger partial charge in [0.25, 0.3) is 0 Å². The van der Waals surface area contributed by atoms with Crippen LogP contribution >= 0.6 is 0 Å². The van der Waals surface area contributed by atoms with Crippen molar-refractivity contribution in [1.29, 1.82) is 0 Å². The molecule has 160 valence electrons. The molecule has 3 aromatic rings. The summed E-state index contributed by atoms with van der Waals surface area (Å²) in [5.41, 5.74) is 1.54. The molecule has 0 fully saturated rings. The van der Waals surface area contributed by atoms with Crippen LogP contribution in [0.4, 0.5) is 5.95 Å². The van der Waals surface area contributed by atoms with Crippen LogP contribution in [0.3, 0.4) is 0 Å². The number of amides is 2. The van der Waals surface area contributed by atoms with Crippen LogP contribution in [0.5, 0.6) is 11.5 Å². The number of ether oxygens (including phenoxy) is 2. The second-order valence-corrected chi connectivity index (χ2v) is 6.53. The molecule has 0 aliphatic carbocycles. The summed E-state index contributed by atoms with van der Waals surface area (Å²) in [4.78, 5) is 28.8. The fourth-order valence-electron chi connectivity index (χ4n) is 2.71. The van der Waals surface area contributed by atoms with Crippen LogP contribution in [0.15, 0.2) is 54.6 Å². The number of aromatic nitrogens is 3. The van der Waals surface area contributed by atoms with Crippen molar-refractivity contribution in [3.8, 4) is 22.9 Å². The Morgan fingerprint density at radius 3 is 2.52 bits per heavy atom. The van der Waals surface area contributed by atoms with Crippen LogP contribution in [0.25, 0.3) is 17.5 Å². The van der Waals surface area contributed by atoms with Crippen LogP contribution in [-0.4, -0.2) is 47.3 Å². The minimum absolute atomic E-state index is 0.0979. The van der Waals surface area contributed by atoms with E-state index in [9.17, 15) is 9.59 Å². The summed E-state index contributed by atoms with van der Waals surface area (Å²) < 4.78 is 10.4. The van der Waals surface area contributed by atoms with E-state index in [0.717, 1.165) is 11.3 Å². The lowest BCUT2D eigenvalue weighted by atomic mass is 10.2. The van der Waals surface area contributed by atoms with Gasteiger partial charge in [-0.15, -0.1) is 5.10 Å². The molecule has 0 aliphatic rings. The molecule has 0 aliphatic heterocycles. The van der Waals surface area contributed by atoms with E-state index in [4.69, 9.17) is 9.47 Å². The Bertz CT molecular complexity index is 1080. The molecule has 3 rings (SSSR count). The zero-order valence-corrected chi connectivity index (χ0v) is 17.4. The fraction of sp³-hybridized carbons (Fsp3) is 0.182. The number of methoxy groups -OCH3 is 2. The highest BCUT2D eigenvalue weighted by molar-refractivity contribution is 5.99. The highest BCUT2D eigenvalue weighted by atomic mass is 16.5. The number of para-hydroxylation sites is 1. The Balaban J connectivity index is 1.56. The molecule has 0 saturated carbocycles. The lowest BCUT2D eigenvalue weighted by Gasteiger charge is -2.11. The summed E-state index contributed by atoms with van der Waals surface area (Å²) in [6.07, 6.45) is 3.01. The molecule has 2 aromatic carbocycles. The van der Waals surface area contributed by atoms with Crippen molar-refractivity contribution < 1.29 is 19.1 Å². The van der Waals surface area contributed by atoms with Gasteiger partial charge in [-0.25, -0.2) is 0 Å². The van der Waals surface area contributed by atoms with Gasteiger partial charge in [-0.05, 0) is 42.8 Å². The van der Waals surface area contributed by atoms with Gasteiger partial charge in [0.1, 0.15) is 17.5 Å². The van der Waals surface area contributed by atoms with Gasteiger partial charge in [0.15, 0.2) is 5.82 Å². The van der Waals surface area contributed by atoms with Gasteiger partial charge in [0, 0.05) is 6.08 Å². The molecular formula is C22H23N5O4. The summed E-state index contributed by atoms with van der Waals surface area (Å²) in [5.74, 6) is 1.06. The Morgan fingerprint density at radius 2 is 1.81 bits per heavy atom. The lowest BCUT2D eigenvalue weighted by Crippen LogP contribution is -2.41. The topological polar surface area (TPSA) is 118 Å². The van der Waals surface area contributed by atoms with E-state index < -0.39 is 17.9 Å². The van der Waals surface area contributed by atoms with E-state index >= 15 is 0 Å². The van der Waals surface area contributed by atoms with E-state index in [2.05, 4.69) is 25.8 Å². The van der Waals surface area contributed by atoms with E-state index in [1.807, 2.05) is 30.3 Å². The number of benzene rings is 2. The number of hydrogen-bond donors (Lipinski definition) is 3. The maximum absolute atomic E-state index is 12.4. The normalized spacial score (nSPS) is 11.7. The van der Waals surface area contributed by atoms with Crippen LogP contribution in [-0.2, 0) is 9.59 Å². The predicted molar refractivity (Wildman–Crippen MR) is 117 cm³/mol. The van der Waals surface area contributed by atoms with Crippen LogP contribution < -0.4 is 20.1 Å². The van der Waals surface area contributed by atoms with Crippen molar-refractivity contribution in [3.63, 3.8) is 0 Å². The molecule has 1 atom stereocenters. The van der Waals surface area contributed by atoms with Gasteiger partial charge in [0.05, 0.1) is 19.8 Å². The third-order valence-corrected chi connectivity index (χ3v) is 4.38. The molecule has 1 aromatic heterocycles. The summed E-state index contributed by atoms with van der Waals surface area (Å²) in [6, 6.07) is 13.7. The number of carbonyl (C=O) groups is 2. The smallest absolute Gasteiger partial charge is 0.249 e. The van der Waals surface area contributed by atoms with Gasteiger partial charge < -0.3 is 14.8 Å². The largest absolute Gasteiger partial charge is 0.497 e. The van der Waals surface area contributed by atoms with Crippen LogP contribution in [0.1, 0.15) is 12.5 Å². The van der Waals surface area contributed by atoms with Crippen molar-refractivity contribution in [2.24, 2.45) is 0 Å². The highest BCUT2D eigenvalue weighted by Gasteiger charge is 2.17. The number of rotatable bonds is 8. The van der Waals surface area contributed by atoms with Gasteiger partial charge in [-0.2, -0.15) is 4.98 Å². The maximum Gasteiger partial charge on any atom is 0.249 e. The lowest BCUT2D eigenvalue weighted by molar-refractivity contribution is -0.123. The standard InChI is InChI=1S/C22H23N5O4/c1-14(23-19(28)13-10-15-8-11-16(30-2)12-9-15)21(29)25-22-24-20(26-27-22)17-6-4-5-7-18(17)31-3/h4-14H,1-3H3,(H,23,28)(H2,24,25,26,27,29)/b13-10+. The molecule has 3 N–H and O–H groups in total. The molecule has 31 heavy (non-hydrogen) atoms. The number of H-pyrrole nitrogens is 1. The predicted octanol–water partition coefficient (Wildman–Crippen LogP) is 2.65. The summed E-state index contributed by atoms with van der Waals surface area (Å²) in [5, 5.41) is 11.9. The number of anilines is 1. The average molecular weight is 421 g/mol. The molecule has 0 bridgehead atoms. The van der Waals surface area contributed by atoms with Gasteiger partial charge in [-0.3, -0.25) is 20.0 Å². The number of aromatic amines is 1. The highest BCUT2D eigenvalue weighted by Crippen LogP contribution is 2.27. The minimum atomic E-state index is -0.791. The summed E-state index contributed by atoms with van der Waals surface area (Å²) in [7, 11) is 3.15. The average Bonchev–Trinajstić information content (AvgIpc) is 3.26. The molecule has 9 heteroatoms. The zero-order valence-electron chi connectivity index (χ0n) is 17.4. The maximum atomic E-state index is 12.4. The van der Waals surface area contributed by atoms with Crippen molar-refractivity contribution in [1.82, 2.24) is 20.5 Å². The Hall–Kier alpha value is -4.14. The summed E-state index contributed by atoms with van der Waals surface area (Å²) >= 11 is 0. The van der Waals surface area contributed by atoms with Crippen molar-refractivity contribution in [2.45, 2.75) is 13.0 Å². The molecule has 2 amide bonds. The second kappa shape index (κ2) is 10.1. The van der Waals surface area contributed by atoms with E-state index in [1.54, 1.807) is 45.4 Å². The van der Waals surface area contributed by atoms with Crippen molar-refractivity contribution in [2.75, 3.05) is 19.5 Å². The monoisotopic (exact) mass is 421 g/mol. The zero-order chi connectivity index (χ0) is 22.2. The van der Waals surface area contributed by atoms with Gasteiger partial charge in [0.2, 0.25) is 17.8 Å². The van der Waals surface area contributed by atoms with Crippen LogP contribution in [0.2, 0.25) is 0 Å². The SMILES string of the molecule is COc1ccc(/C=C/C(=O)NC(C)C(=O)Nc2n[nH]c(-c3ccccc3OC)n2)cc1. The first-order chi connectivity index (χ1) is 15.0. The number of nitrogens with zero attached hydrogens (tertiary/aromatic N) is 2. The Morgan fingerprint density at radius 1 is 1.06 bits per heavy atom. The molecule has 0 spiro atoms. The molecule has 0 saturated heterocycles. The third-order valence-electron chi connectivity index (χ3n) is 4.38. The van der Waals surface area contributed by atoms with Gasteiger partial charge in [-0.1, -0.05) is 24.3 Å². The van der Waals surface area contributed by atoms with E-state index in [0.29, 0.717) is 17.1 Å². The quantitative estimate of drug-likeness (QED) is 0.481. The van der Waals surface area contributed by atoms with Gasteiger partial charge >= 0.3 is 0 Å². The molecule has 1 heterocycles. The Labute approximate surface area is 179 Å². The van der Waals surface area contributed by atoms with Crippen molar-refractivity contribution in [3.05, 3.63) is 60.2 Å². The first-order valence-corrected chi connectivity index (χ1v) is 9.49. The summed E-state index contributed by atoms with van der Waals surface area (Å²) in [6.45, 7) is 1.57. The molecule has 0 radical (unpaired) electrons. The Kier molecular flexibility index (Phi) is 7.00. The van der Waals surface area contributed by atoms with Crippen molar-refractivity contribution >= 4 is 23.8 Å². The van der Waals surface area contributed by atoms with E-state index in [-0.39, 0.29) is 5.95 Å². The molecule has 1 unspecified atom stereocenters. The fourth-order valence-corrected chi connectivity index (χ4v) is 2.71. The number of nitrogens with one attached hydrogen (secondary N) is 3. The number of hydrogen-bond acceptors (Lipinski definition) is 6. The van der Waals surface area contributed by atoms with E-state index in [1.165, 1.54) is 6.08 Å². The van der Waals surface area contributed by atoms with Crippen LogP contribution in [0, 0.1) is 0 Å². The first kappa shape index (κ1) is 21.6. The minimum Gasteiger partial charge on any atom is -0.497 e. The second-order valence-electron chi connectivity index (χ2n) is 6.53. The third kappa shape index (κ3) is 5.69. The molecular weight excluding hydrogens is 398 g/mol. The molecule has 9 nitrogen and oxygen atoms in total.